The molecule has 2 aliphatic rings. The lowest BCUT2D eigenvalue weighted by molar-refractivity contribution is -0.116. The van der Waals surface area contributed by atoms with E-state index in [1.165, 1.54) is 0 Å². The van der Waals surface area contributed by atoms with E-state index in [1.54, 1.807) is 10.9 Å². The number of carbonyl (C=O) groups is 1. The van der Waals surface area contributed by atoms with Gasteiger partial charge in [-0.3, -0.25) is 9.78 Å². The van der Waals surface area contributed by atoms with Crippen LogP contribution in [0.1, 0.15) is 31.0 Å². The zero-order valence-corrected chi connectivity index (χ0v) is 14.1. The quantitative estimate of drug-likeness (QED) is 0.772. The zero-order valence-electron chi connectivity index (χ0n) is 14.1. The Labute approximate surface area is 150 Å². The van der Waals surface area contributed by atoms with Crippen molar-refractivity contribution in [2.24, 2.45) is 0 Å². The van der Waals surface area contributed by atoms with Crippen molar-refractivity contribution in [3.63, 3.8) is 0 Å². The van der Waals surface area contributed by atoms with Gasteiger partial charge in [-0.25, -0.2) is 4.68 Å². The molecule has 0 saturated heterocycles. The SMILES string of the molecule is O=C1CCCC2=C1C(c1ccccn1)n1nc(-c3ccccc3)nc1N2. The molecule has 26 heavy (non-hydrogen) atoms. The standard InChI is InChI=1S/C20H17N5O/c26-16-11-6-10-14-17(16)18(15-9-4-5-12-21-15)25-20(22-14)23-19(24-25)13-7-2-1-3-8-13/h1-5,7-9,12,18H,6,10-11H2,(H,22,23,24). The Morgan fingerprint density at radius 1 is 1.04 bits per heavy atom. The van der Waals surface area contributed by atoms with Crippen molar-refractivity contribution in [2.45, 2.75) is 25.3 Å². The highest BCUT2D eigenvalue weighted by molar-refractivity contribution is 5.99. The van der Waals surface area contributed by atoms with E-state index >= 15 is 0 Å². The molecule has 0 radical (unpaired) electrons. The molecule has 3 aromatic rings. The van der Waals surface area contributed by atoms with Crippen molar-refractivity contribution in [1.82, 2.24) is 19.7 Å². The third-order valence-corrected chi connectivity index (χ3v) is 4.87. The smallest absolute Gasteiger partial charge is 0.226 e. The van der Waals surface area contributed by atoms with Crippen LogP contribution in [-0.4, -0.2) is 25.5 Å². The largest absolute Gasteiger partial charge is 0.328 e. The molecule has 6 heteroatoms. The van der Waals surface area contributed by atoms with E-state index in [9.17, 15) is 4.79 Å². The highest BCUT2D eigenvalue weighted by atomic mass is 16.1. The van der Waals surface area contributed by atoms with Crippen molar-refractivity contribution in [2.75, 3.05) is 5.32 Å². The second-order valence-electron chi connectivity index (χ2n) is 6.52. The molecule has 0 saturated carbocycles. The third-order valence-electron chi connectivity index (χ3n) is 4.87. The normalized spacial score (nSPS) is 18.9. The number of nitrogens with zero attached hydrogens (tertiary/aromatic N) is 4. The summed E-state index contributed by atoms with van der Waals surface area (Å²) in [6.45, 7) is 0. The van der Waals surface area contributed by atoms with Crippen LogP contribution < -0.4 is 5.32 Å². The Balaban J connectivity index is 1.69. The first-order valence-corrected chi connectivity index (χ1v) is 8.77. The van der Waals surface area contributed by atoms with Crippen LogP contribution in [0.3, 0.4) is 0 Å². The molecule has 1 N–H and O–H groups in total. The molecule has 1 unspecified atom stereocenters. The summed E-state index contributed by atoms with van der Waals surface area (Å²) in [5.74, 6) is 1.46. The minimum absolute atomic E-state index is 0.164. The molecule has 1 aliphatic carbocycles. The summed E-state index contributed by atoms with van der Waals surface area (Å²) in [4.78, 5) is 21.9. The Morgan fingerprint density at radius 2 is 1.88 bits per heavy atom. The van der Waals surface area contributed by atoms with E-state index in [4.69, 9.17) is 5.10 Å². The van der Waals surface area contributed by atoms with Gasteiger partial charge < -0.3 is 5.32 Å². The van der Waals surface area contributed by atoms with Crippen molar-refractivity contribution in [1.29, 1.82) is 0 Å². The number of hydrogen-bond acceptors (Lipinski definition) is 5. The van der Waals surface area contributed by atoms with Crippen molar-refractivity contribution >= 4 is 11.7 Å². The predicted octanol–water partition coefficient (Wildman–Crippen LogP) is 3.36. The van der Waals surface area contributed by atoms with Crippen LogP contribution in [0, 0.1) is 0 Å². The van der Waals surface area contributed by atoms with E-state index in [-0.39, 0.29) is 11.8 Å². The molecule has 1 aliphatic heterocycles. The van der Waals surface area contributed by atoms with E-state index in [2.05, 4.69) is 15.3 Å². The maximum absolute atomic E-state index is 12.7. The molecule has 0 amide bonds. The van der Waals surface area contributed by atoms with Crippen molar-refractivity contribution in [3.8, 4) is 11.4 Å². The number of hydrogen-bond donors (Lipinski definition) is 1. The summed E-state index contributed by atoms with van der Waals surface area (Å²) >= 11 is 0. The minimum atomic E-state index is -0.333. The van der Waals surface area contributed by atoms with Gasteiger partial charge in [0.2, 0.25) is 5.95 Å². The molecule has 0 bridgehead atoms. The Bertz CT molecular complexity index is 1010. The Kier molecular flexibility index (Phi) is 3.41. The van der Waals surface area contributed by atoms with E-state index in [0.717, 1.165) is 35.4 Å². The average molecular weight is 343 g/mol. The molecule has 128 valence electrons. The lowest BCUT2D eigenvalue weighted by atomic mass is 9.87. The van der Waals surface area contributed by atoms with E-state index < -0.39 is 0 Å². The number of anilines is 1. The van der Waals surface area contributed by atoms with Gasteiger partial charge in [-0.2, -0.15) is 4.98 Å². The molecule has 1 aromatic carbocycles. The van der Waals surface area contributed by atoms with Crippen molar-refractivity contribution in [3.05, 3.63) is 71.7 Å². The van der Waals surface area contributed by atoms with Gasteiger partial charge in [-0.1, -0.05) is 36.4 Å². The maximum Gasteiger partial charge on any atom is 0.226 e. The van der Waals surface area contributed by atoms with Crippen LogP contribution in [0.15, 0.2) is 66.0 Å². The van der Waals surface area contributed by atoms with Crippen LogP contribution >= 0.6 is 0 Å². The molecule has 0 fully saturated rings. The fourth-order valence-corrected chi connectivity index (χ4v) is 3.68. The van der Waals surface area contributed by atoms with Gasteiger partial charge >= 0.3 is 0 Å². The Morgan fingerprint density at radius 3 is 2.69 bits per heavy atom. The molecular formula is C20H17N5O. The first kappa shape index (κ1) is 15.0. The number of carbonyl (C=O) groups excluding carboxylic acids is 1. The maximum atomic E-state index is 12.7. The second-order valence-corrected chi connectivity index (χ2v) is 6.52. The first-order chi connectivity index (χ1) is 12.8. The second kappa shape index (κ2) is 5.91. The van der Waals surface area contributed by atoms with Gasteiger partial charge in [0.1, 0.15) is 6.04 Å². The summed E-state index contributed by atoms with van der Waals surface area (Å²) in [5, 5.41) is 8.06. The number of rotatable bonds is 2. The molecule has 6 nitrogen and oxygen atoms in total. The van der Waals surface area contributed by atoms with Crippen LogP contribution in [-0.2, 0) is 4.79 Å². The molecule has 0 spiro atoms. The first-order valence-electron chi connectivity index (χ1n) is 8.77. The fourth-order valence-electron chi connectivity index (χ4n) is 3.68. The zero-order chi connectivity index (χ0) is 17.5. The predicted molar refractivity (Wildman–Crippen MR) is 97.3 cm³/mol. The summed E-state index contributed by atoms with van der Waals surface area (Å²) in [6, 6.07) is 15.3. The molecular weight excluding hydrogens is 326 g/mol. The topological polar surface area (TPSA) is 72.7 Å². The summed E-state index contributed by atoms with van der Waals surface area (Å²) in [6.07, 6.45) is 4.02. The van der Waals surface area contributed by atoms with Gasteiger partial charge in [-0.05, 0) is 25.0 Å². The van der Waals surface area contributed by atoms with Gasteiger partial charge in [0.15, 0.2) is 11.6 Å². The lowest BCUT2D eigenvalue weighted by Gasteiger charge is -2.31. The lowest BCUT2D eigenvalue weighted by Crippen LogP contribution is -2.32. The van der Waals surface area contributed by atoms with Gasteiger partial charge in [0.05, 0.1) is 5.69 Å². The van der Waals surface area contributed by atoms with Crippen LogP contribution in [0.25, 0.3) is 11.4 Å². The number of ketones is 1. The van der Waals surface area contributed by atoms with E-state index in [0.29, 0.717) is 18.2 Å². The number of nitrogens with one attached hydrogen (secondary N) is 1. The number of aromatic nitrogens is 4. The van der Waals surface area contributed by atoms with Gasteiger partial charge in [0, 0.05) is 29.5 Å². The number of allylic oxidation sites excluding steroid dienone is 2. The molecule has 2 aromatic heterocycles. The highest BCUT2D eigenvalue weighted by Crippen LogP contribution is 2.39. The average Bonchev–Trinajstić information content (AvgIpc) is 3.12. The summed E-state index contributed by atoms with van der Waals surface area (Å²) < 4.78 is 1.80. The van der Waals surface area contributed by atoms with Gasteiger partial charge in [0.25, 0.3) is 0 Å². The fraction of sp³-hybridized carbons (Fsp3) is 0.200. The third kappa shape index (κ3) is 2.34. The van der Waals surface area contributed by atoms with E-state index in [1.807, 2.05) is 48.5 Å². The number of pyridine rings is 1. The number of benzene rings is 1. The van der Waals surface area contributed by atoms with Crippen LogP contribution in [0.5, 0.6) is 0 Å². The molecule has 3 heterocycles. The molecule has 1 atom stereocenters. The summed E-state index contributed by atoms with van der Waals surface area (Å²) in [7, 11) is 0. The van der Waals surface area contributed by atoms with Crippen LogP contribution in [0.4, 0.5) is 5.95 Å². The minimum Gasteiger partial charge on any atom is -0.328 e. The van der Waals surface area contributed by atoms with Gasteiger partial charge in [-0.15, -0.1) is 5.10 Å². The number of fused-ring (bicyclic) bond motifs is 1. The monoisotopic (exact) mass is 343 g/mol. The highest BCUT2D eigenvalue weighted by Gasteiger charge is 2.37. The number of Topliss-reactive ketones (excluding diaryl/α,β-unsaturated/α-hetero) is 1. The van der Waals surface area contributed by atoms with Crippen molar-refractivity contribution < 1.29 is 4.79 Å². The molecule has 5 rings (SSSR count). The Hall–Kier alpha value is -3.28. The summed E-state index contributed by atoms with van der Waals surface area (Å²) in [5.41, 5.74) is 3.48. The van der Waals surface area contributed by atoms with Crippen LogP contribution in [0.2, 0.25) is 0 Å².